The van der Waals surface area contributed by atoms with Crippen molar-refractivity contribution in [3.05, 3.63) is 53.6 Å². The molecule has 0 saturated carbocycles. The third kappa shape index (κ3) is 6.22. The summed E-state index contributed by atoms with van der Waals surface area (Å²) in [6, 6.07) is 5.79. The minimum absolute atomic E-state index is 0.0272. The normalized spacial score (nSPS) is 22.6. The maximum Gasteiger partial charge on any atom is 0.319 e. The van der Waals surface area contributed by atoms with E-state index < -0.39 is 31.4 Å². The predicted molar refractivity (Wildman–Crippen MR) is 213 cm³/mol. The van der Waals surface area contributed by atoms with Gasteiger partial charge in [0.15, 0.2) is 5.82 Å². The number of aromatic nitrogens is 3. The fourth-order valence-electron chi connectivity index (χ4n) is 10.3. The number of nitrogens with zero attached hydrogens (tertiary/aromatic N) is 5. The Kier molecular flexibility index (Phi) is 9.56. The molecule has 0 amide bonds. The van der Waals surface area contributed by atoms with Crippen molar-refractivity contribution in [3.63, 3.8) is 0 Å². The number of phenolic OH excluding ortho intramolecular Hbond substituents is 1. The lowest BCUT2D eigenvalue weighted by molar-refractivity contribution is 0.107. The second kappa shape index (κ2) is 14.0. The first-order chi connectivity index (χ1) is 26.2. The number of anilines is 1. The molecule has 3 saturated heterocycles. The van der Waals surface area contributed by atoms with Gasteiger partial charge in [-0.2, -0.15) is 9.97 Å². The molecule has 3 fully saturated rings. The Hall–Kier alpha value is -4.34. The quantitative estimate of drug-likeness (QED) is 0.113. The summed E-state index contributed by atoms with van der Waals surface area (Å²) in [4.78, 5) is 18.6. The number of alkyl halides is 1. The molecule has 4 aliphatic rings. The standard InChI is InChI=1S/C43H50F3N5O3Si/c1-24(2)55(25(3)4,26(5)6)15-13-32-34(45)12-11-28-16-31(52)17-33(35(28)32)38-37(46)39-36-40(51-14-9-8-10-30(51)22-53-41(36)47-38)49-42(48-39)54-23-43-18-27(7)20-50(43)21-29(44)19-43/h11-12,16-17,24-26,29-30,52H,7-10,14,18-23H2,1-6H3/t29-,30-,43+/m0/s1. The van der Waals surface area contributed by atoms with Gasteiger partial charge >= 0.3 is 6.01 Å². The minimum atomic E-state index is -2.30. The van der Waals surface area contributed by atoms with Gasteiger partial charge in [0, 0.05) is 37.0 Å². The highest BCUT2D eigenvalue weighted by Crippen LogP contribution is 2.46. The molecule has 3 atom stereocenters. The lowest BCUT2D eigenvalue weighted by Crippen LogP contribution is -2.44. The van der Waals surface area contributed by atoms with Crippen LogP contribution in [-0.2, 0) is 0 Å². The summed E-state index contributed by atoms with van der Waals surface area (Å²) in [7, 11) is -2.30. The van der Waals surface area contributed by atoms with Crippen molar-refractivity contribution in [3.8, 4) is 40.4 Å². The van der Waals surface area contributed by atoms with Gasteiger partial charge < -0.3 is 19.5 Å². The van der Waals surface area contributed by atoms with Crippen molar-refractivity contribution in [2.24, 2.45) is 0 Å². The second-order valence-electron chi connectivity index (χ2n) is 17.1. The van der Waals surface area contributed by atoms with Gasteiger partial charge in [-0.3, -0.25) is 4.90 Å². The molecule has 290 valence electrons. The Morgan fingerprint density at radius 2 is 1.82 bits per heavy atom. The molecule has 12 heteroatoms. The first-order valence-electron chi connectivity index (χ1n) is 19.7. The van der Waals surface area contributed by atoms with Crippen LogP contribution in [0.5, 0.6) is 17.6 Å². The summed E-state index contributed by atoms with van der Waals surface area (Å²) in [5.74, 6) is 2.46. The minimum Gasteiger partial charge on any atom is -0.508 e. The molecular formula is C43H50F3N5O3Si. The first kappa shape index (κ1) is 37.6. The van der Waals surface area contributed by atoms with Crippen molar-refractivity contribution >= 4 is 35.6 Å². The summed E-state index contributed by atoms with van der Waals surface area (Å²) < 4.78 is 61.1. The van der Waals surface area contributed by atoms with Crippen LogP contribution in [0.2, 0.25) is 16.6 Å². The summed E-state index contributed by atoms with van der Waals surface area (Å²) in [6.07, 6.45) is 2.73. The van der Waals surface area contributed by atoms with Crippen molar-refractivity contribution in [1.29, 1.82) is 0 Å². The fourth-order valence-corrected chi connectivity index (χ4v) is 15.5. The maximum atomic E-state index is 17.5. The summed E-state index contributed by atoms with van der Waals surface area (Å²) in [5, 5.41) is 12.2. The van der Waals surface area contributed by atoms with Crippen LogP contribution in [-0.4, -0.2) is 83.6 Å². The highest BCUT2D eigenvalue weighted by atomic mass is 28.3. The number of fused-ring (bicyclic) bond motifs is 4. The Morgan fingerprint density at radius 1 is 1.05 bits per heavy atom. The monoisotopic (exact) mass is 769 g/mol. The summed E-state index contributed by atoms with van der Waals surface area (Å²) in [5.41, 5.74) is 5.10. The fraction of sp³-hybridized carbons (Fsp3) is 0.512. The van der Waals surface area contributed by atoms with Crippen molar-refractivity contribution in [1.82, 2.24) is 19.9 Å². The molecule has 1 N–H and O–H groups in total. The number of pyridine rings is 1. The number of rotatable bonds is 7. The van der Waals surface area contributed by atoms with E-state index in [0.29, 0.717) is 77.7 Å². The van der Waals surface area contributed by atoms with Crippen LogP contribution in [0.4, 0.5) is 19.0 Å². The van der Waals surface area contributed by atoms with Crippen molar-refractivity contribution < 1.29 is 27.8 Å². The molecule has 0 unspecified atom stereocenters. The van der Waals surface area contributed by atoms with Crippen molar-refractivity contribution in [2.75, 3.05) is 37.7 Å². The number of ether oxygens (including phenoxy) is 2. The zero-order valence-corrected chi connectivity index (χ0v) is 33.6. The van der Waals surface area contributed by atoms with Gasteiger partial charge in [0.2, 0.25) is 5.88 Å². The van der Waals surface area contributed by atoms with Crippen LogP contribution in [0.1, 0.15) is 79.2 Å². The molecule has 0 aliphatic carbocycles. The van der Waals surface area contributed by atoms with E-state index in [2.05, 4.69) is 74.4 Å². The molecule has 4 aliphatic heterocycles. The van der Waals surface area contributed by atoms with Crippen LogP contribution in [0, 0.1) is 23.1 Å². The van der Waals surface area contributed by atoms with Gasteiger partial charge in [-0.15, -0.1) is 5.54 Å². The van der Waals surface area contributed by atoms with Gasteiger partial charge in [0.1, 0.15) is 61.4 Å². The van der Waals surface area contributed by atoms with Gasteiger partial charge in [0.25, 0.3) is 0 Å². The van der Waals surface area contributed by atoms with E-state index in [1.54, 1.807) is 6.07 Å². The summed E-state index contributed by atoms with van der Waals surface area (Å²) in [6.45, 7) is 19.4. The van der Waals surface area contributed by atoms with Crippen molar-refractivity contribution in [2.45, 2.75) is 108 Å². The average molecular weight is 770 g/mol. The van der Waals surface area contributed by atoms with E-state index in [9.17, 15) is 9.50 Å². The molecule has 8 nitrogen and oxygen atoms in total. The first-order valence-corrected chi connectivity index (χ1v) is 21.9. The lowest BCUT2D eigenvalue weighted by Gasteiger charge is -2.38. The van der Waals surface area contributed by atoms with Gasteiger partial charge in [-0.1, -0.05) is 65.7 Å². The van der Waals surface area contributed by atoms with Crippen LogP contribution in [0.3, 0.4) is 0 Å². The molecule has 0 bridgehead atoms. The van der Waals surface area contributed by atoms with E-state index in [0.717, 1.165) is 24.8 Å². The highest BCUT2D eigenvalue weighted by molar-refractivity contribution is 6.90. The van der Waals surface area contributed by atoms with Gasteiger partial charge in [0.05, 0.1) is 17.1 Å². The van der Waals surface area contributed by atoms with E-state index >= 15 is 8.78 Å². The molecule has 4 aromatic rings. The number of hydrogen-bond acceptors (Lipinski definition) is 8. The average Bonchev–Trinajstić information content (AvgIpc) is 3.53. The summed E-state index contributed by atoms with van der Waals surface area (Å²) >= 11 is 0. The van der Waals surface area contributed by atoms with Crippen LogP contribution >= 0.6 is 0 Å². The second-order valence-corrected chi connectivity index (χ2v) is 22.6. The topological polar surface area (TPSA) is 83.8 Å². The Balaban J connectivity index is 1.33. The Labute approximate surface area is 322 Å². The zero-order valence-electron chi connectivity index (χ0n) is 32.6. The molecule has 2 aromatic heterocycles. The maximum absolute atomic E-state index is 17.5. The molecule has 6 heterocycles. The third-order valence-electron chi connectivity index (χ3n) is 12.8. The predicted octanol–water partition coefficient (Wildman–Crippen LogP) is 9.27. The Bertz CT molecular complexity index is 2250. The van der Waals surface area contributed by atoms with Crippen LogP contribution in [0.25, 0.3) is 32.9 Å². The molecule has 0 spiro atoms. The number of halogens is 3. The number of hydrogen-bond donors (Lipinski definition) is 1. The van der Waals surface area contributed by atoms with Crippen LogP contribution in [0.15, 0.2) is 36.4 Å². The van der Waals surface area contributed by atoms with Crippen LogP contribution < -0.4 is 14.4 Å². The van der Waals surface area contributed by atoms with E-state index in [4.69, 9.17) is 19.4 Å². The SMILES string of the molecule is C=C1CN2C[C@@H](F)C[C@@]2(COc2nc3c4c(nc(-c5cc(O)cc6ccc(F)c(C#C[Si](C(C)C)(C(C)C)C(C)C)c56)c(F)c4n2)OC[C@@H]2CCCCN32)C1. The molecule has 0 radical (unpaired) electrons. The van der Waals surface area contributed by atoms with Gasteiger partial charge in [-0.25, -0.2) is 18.2 Å². The molecule has 2 aromatic carbocycles. The largest absolute Gasteiger partial charge is 0.508 e. The molecule has 8 rings (SSSR count). The van der Waals surface area contributed by atoms with E-state index in [1.165, 1.54) is 18.2 Å². The molecular weight excluding hydrogens is 720 g/mol. The lowest BCUT2D eigenvalue weighted by atomic mass is 9.93. The number of piperidine rings is 1. The number of aromatic hydroxyl groups is 1. The van der Waals surface area contributed by atoms with E-state index in [-0.39, 0.29) is 52.6 Å². The van der Waals surface area contributed by atoms with Gasteiger partial charge in [-0.05, 0) is 65.9 Å². The Morgan fingerprint density at radius 3 is 2.56 bits per heavy atom. The number of benzene rings is 2. The molecule has 55 heavy (non-hydrogen) atoms. The highest BCUT2D eigenvalue weighted by Gasteiger charge is 2.51. The third-order valence-corrected chi connectivity index (χ3v) is 19.0. The van der Waals surface area contributed by atoms with E-state index in [1.807, 2.05) is 0 Å². The smallest absolute Gasteiger partial charge is 0.319 e. The number of phenols is 1. The zero-order chi connectivity index (χ0) is 39.0.